The lowest BCUT2D eigenvalue weighted by molar-refractivity contribution is 0.0564. The van der Waals surface area contributed by atoms with Gasteiger partial charge in [-0.15, -0.1) is 0 Å². The van der Waals surface area contributed by atoms with Crippen molar-refractivity contribution in [3.8, 4) is 0 Å². The molecule has 2 aliphatic carbocycles. The van der Waals surface area contributed by atoms with Crippen molar-refractivity contribution in [2.45, 2.75) is 33.7 Å². The molecule has 2 aromatic rings. The zero-order chi connectivity index (χ0) is 16.1. The highest BCUT2D eigenvalue weighted by Gasteiger charge is 2.66. The minimum atomic E-state index is -3.27. The van der Waals surface area contributed by atoms with Gasteiger partial charge >= 0.3 is 0 Å². The van der Waals surface area contributed by atoms with Gasteiger partial charge in [0.2, 0.25) is 0 Å². The van der Waals surface area contributed by atoms with Gasteiger partial charge in [-0.05, 0) is 42.4 Å². The van der Waals surface area contributed by atoms with Gasteiger partial charge in [0.25, 0.3) is 0 Å². The molecule has 2 fully saturated rings. The Bertz CT molecular complexity index is 790. The first-order chi connectivity index (χ1) is 11.1. The Morgan fingerprint density at radius 2 is 1.39 bits per heavy atom. The van der Waals surface area contributed by atoms with E-state index in [0.29, 0.717) is 4.90 Å². The highest BCUT2D eigenvalue weighted by atomic mass is 79.9. The van der Waals surface area contributed by atoms with Crippen LogP contribution in [0, 0.1) is 11.8 Å². The number of benzene rings is 2. The maximum absolute atomic E-state index is 13.1. The van der Waals surface area contributed by atoms with Crippen LogP contribution in [0.2, 0.25) is 0 Å². The van der Waals surface area contributed by atoms with E-state index >= 15 is 0 Å². The molecule has 4 heteroatoms. The van der Waals surface area contributed by atoms with E-state index in [-0.39, 0.29) is 21.4 Å². The number of rotatable bonds is 3. The molecule has 23 heavy (non-hydrogen) atoms. The van der Waals surface area contributed by atoms with Crippen LogP contribution < -0.4 is 0 Å². The maximum Gasteiger partial charge on any atom is 0.181 e. The van der Waals surface area contributed by atoms with E-state index in [9.17, 15) is 8.42 Å². The van der Waals surface area contributed by atoms with Crippen molar-refractivity contribution in [3.63, 3.8) is 0 Å². The molecule has 4 rings (SSSR count). The fraction of sp³-hybridized carbons (Fsp3) is 0.368. The number of hydrogen-bond acceptors (Lipinski definition) is 2. The molecule has 0 heterocycles. The summed E-state index contributed by atoms with van der Waals surface area (Å²) in [6, 6.07) is 19.2. The molecule has 0 saturated heterocycles. The summed E-state index contributed by atoms with van der Waals surface area (Å²) in [6.07, 6.45) is 3.05. The van der Waals surface area contributed by atoms with Crippen molar-refractivity contribution in [2.24, 2.45) is 11.8 Å². The number of halogens is 1. The smallest absolute Gasteiger partial charge is 0.181 e. The van der Waals surface area contributed by atoms with Crippen LogP contribution in [0.1, 0.15) is 24.8 Å². The third-order valence-corrected chi connectivity index (χ3v) is 9.49. The van der Waals surface area contributed by atoms with Gasteiger partial charge in [-0.3, -0.25) is 0 Å². The molecule has 2 aromatic carbocycles. The van der Waals surface area contributed by atoms with Crippen molar-refractivity contribution in [1.82, 2.24) is 0 Å². The van der Waals surface area contributed by atoms with Gasteiger partial charge in [0.1, 0.15) is 0 Å². The first kappa shape index (κ1) is 15.4. The Balaban J connectivity index is 1.74. The van der Waals surface area contributed by atoms with Gasteiger partial charge < -0.3 is 0 Å². The molecule has 0 aliphatic heterocycles. The van der Waals surface area contributed by atoms with Gasteiger partial charge in [0, 0.05) is 0 Å². The molecule has 2 atom stereocenters. The summed E-state index contributed by atoms with van der Waals surface area (Å²) < 4.78 is 26.1. The van der Waals surface area contributed by atoms with Crippen molar-refractivity contribution in [1.29, 1.82) is 0 Å². The average molecular weight is 391 g/mol. The Morgan fingerprint density at radius 1 is 0.870 bits per heavy atom. The predicted octanol–water partition coefficient (Wildman–Crippen LogP) is 4.55. The molecule has 0 radical (unpaired) electrons. The fourth-order valence-corrected chi connectivity index (χ4v) is 8.60. The van der Waals surface area contributed by atoms with Gasteiger partial charge in [0.05, 0.1) is 14.5 Å². The topological polar surface area (TPSA) is 34.1 Å². The molecule has 2 saturated carbocycles. The summed E-state index contributed by atoms with van der Waals surface area (Å²) in [5.41, 5.74) is 1.22. The van der Waals surface area contributed by atoms with E-state index in [2.05, 4.69) is 28.1 Å². The molecule has 2 aliphatic rings. The summed E-state index contributed by atoms with van der Waals surface area (Å²) >= 11 is 3.96. The van der Waals surface area contributed by atoms with Crippen LogP contribution in [-0.2, 0) is 14.2 Å². The van der Waals surface area contributed by atoms with Crippen LogP contribution in [0.5, 0.6) is 0 Å². The van der Waals surface area contributed by atoms with Gasteiger partial charge in [0.15, 0.2) is 9.84 Å². The van der Waals surface area contributed by atoms with Crippen LogP contribution in [-0.4, -0.2) is 13.7 Å². The highest BCUT2D eigenvalue weighted by molar-refractivity contribution is 9.09. The molecule has 0 aromatic heterocycles. The second-order valence-corrected chi connectivity index (χ2v) is 10.0. The van der Waals surface area contributed by atoms with E-state index in [1.54, 1.807) is 24.3 Å². The Labute approximate surface area is 146 Å². The lowest BCUT2D eigenvalue weighted by Crippen LogP contribution is -2.64. The largest absolute Gasteiger partial charge is 0.223 e. The normalized spacial score (nSPS) is 33.0. The first-order valence-corrected chi connectivity index (χ1v) is 10.4. The Morgan fingerprint density at radius 3 is 1.96 bits per heavy atom. The molecule has 0 N–H and O–H groups in total. The molecule has 2 nitrogen and oxygen atoms in total. The number of alkyl halides is 1. The van der Waals surface area contributed by atoms with Crippen molar-refractivity contribution >= 4 is 25.8 Å². The Kier molecular flexibility index (Phi) is 3.65. The number of hydrogen-bond donors (Lipinski definition) is 0. The monoisotopic (exact) mass is 390 g/mol. The van der Waals surface area contributed by atoms with Crippen LogP contribution in [0.15, 0.2) is 65.6 Å². The van der Waals surface area contributed by atoms with Gasteiger partial charge in [-0.2, -0.15) is 0 Å². The molecule has 0 amide bonds. The quantitative estimate of drug-likeness (QED) is 0.720. The fourth-order valence-electron chi connectivity index (χ4n) is 4.54. The highest BCUT2D eigenvalue weighted by Crippen LogP contribution is 2.66. The number of sulfone groups is 1. The van der Waals surface area contributed by atoms with E-state index in [1.807, 2.05) is 24.3 Å². The van der Waals surface area contributed by atoms with Crippen LogP contribution in [0.25, 0.3) is 0 Å². The molecule has 120 valence electrons. The Hall–Kier alpha value is -1.13. The molecular formula is C19H19BrO2S. The van der Waals surface area contributed by atoms with Crippen LogP contribution in [0.3, 0.4) is 0 Å². The SMILES string of the molecule is O=S(=O)(c1ccccc1)C1[C@@H]2CCC[C@@H]1C2(Br)c1ccccc1. The second kappa shape index (κ2) is 5.45. The molecule has 0 unspecified atom stereocenters. The van der Waals surface area contributed by atoms with E-state index < -0.39 is 9.84 Å². The van der Waals surface area contributed by atoms with E-state index in [1.165, 1.54) is 5.56 Å². The first-order valence-electron chi connectivity index (χ1n) is 8.09. The van der Waals surface area contributed by atoms with Crippen LogP contribution >= 0.6 is 15.9 Å². The standard InChI is InChI=1S/C19H19BrO2S/c20-19(14-8-3-1-4-9-14)16-12-7-13-17(19)18(16)23(21,22)15-10-5-2-6-11-15/h1-6,8-11,16-18H,7,12-13H2/t16-,17-,18?,19?/m0/s1. The average Bonchev–Trinajstić information content (AvgIpc) is 2.62. The summed E-state index contributed by atoms with van der Waals surface area (Å²) in [4.78, 5) is 0.463. The third kappa shape index (κ3) is 2.14. The van der Waals surface area contributed by atoms with Crippen molar-refractivity contribution < 1.29 is 8.42 Å². The lowest BCUT2D eigenvalue weighted by Gasteiger charge is -2.61. The molecular weight excluding hydrogens is 372 g/mol. The lowest BCUT2D eigenvalue weighted by atomic mass is 9.54. The minimum Gasteiger partial charge on any atom is -0.223 e. The zero-order valence-corrected chi connectivity index (χ0v) is 15.1. The predicted molar refractivity (Wildman–Crippen MR) is 95.3 cm³/mol. The second-order valence-electron chi connectivity index (χ2n) is 6.60. The van der Waals surface area contributed by atoms with Gasteiger partial charge in [-0.1, -0.05) is 70.9 Å². The summed E-state index contributed by atoms with van der Waals surface area (Å²) in [7, 11) is -3.27. The maximum atomic E-state index is 13.1. The molecule has 0 spiro atoms. The number of fused-ring (bicyclic) bond motifs is 2. The summed E-state index contributed by atoms with van der Waals surface area (Å²) in [6.45, 7) is 0. The summed E-state index contributed by atoms with van der Waals surface area (Å²) in [5.74, 6) is 0.294. The van der Waals surface area contributed by atoms with Crippen molar-refractivity contribution in [3.05, 3.63) is 66.2 Å². The van der Waals surface area contributed by atoms with Crippen LogP contribution in [0.4, 0.5) is 0 Å². The molecule has 2 bridgehead atoms. The van der Waals surface area contributed by atoms with E-state index in [0.717, 1.165) is 19.3 Å². The van der Waals surface area contributed by atoms with Crippen molar-refractivity contribution in [2.75, 3.05) is 0 Å². The zero-order valence-electron chi connectivity index (χ0n) is 12.7. The summed E-state index contributed by atoms with van der Waals surface area (Å²) in [5, 5.41) is -0.266. The van der Waals surface area contributed by atoms with E-state index in [4.69, 9.17) is 0 Å². The minimum absolute atomic E-state index is 0.147. The van der Waals surface area contributed by atoms with Gasteiger partial charge in [-0.25, -0.2) is 8.42 Å². The third-order valence-electron chi connectivity index (χ3n) is 5.55.